The van der Waals surface area contributed by atoms with E-state index in [1.807, 2.05) is 12.2 Å². The van der Waals surface area contributed by atoms with Crippen LogP contribution in [0.3, 0.4) is 0 Å². The minimum Gasteiger partial charge on any atom is -0.462 e. The predicted octanol–water partition coefficient (Wildman–Crippen LogP) is 9.38. The first-order chi connectivity index (χ1) is 26.0. The third kappa shape index (κ3) is 27.7. The molecule has 0 aliphatic heterocycles. The molecule has 0 aromatic rings. The van der Waals surface area contributed by atoms with Crippen molar-refractivity contribution in [2.45, 2.75) is 199 Å². The maximum absolute atomic E-state index is 12.5. The normalized spacial score (nSPS) is 18.9. The van der Waals surface area contributed by atoms with Crippen molar-refractivity contribution in [3.05, 3.63) is 24.3 Å². The summed E-state index contributed by atoms with van der Waals surface area (Å²) in [5.41, 5.74) is 0. The highest BCUT2D eigenvalue weighted by atomic mass is 31.2. The molecule has 11 nitrogen and oxygen atoms in total. The van der Waals surface area contributed by atoms with Crippen molar-refractivity contribution in [2.75, 3.05) is 13.2 Å². The van der Waals surface area contributed by atoms with Crippen molar-refractivity contribution in [1.29, 1.82) is 0 Å². The fourth-order valence-electron chi connectivity index (χ4n) is 6.83. The van der Waals surface area contributed by atoms with E-state index < -0.39 is 50.6 Å². The second-order valence-electron chi connectivity index (χ2n) is 15.1. The Morgan fingerprint density at radius 2 is 1.30 bits per heavy atom. The molecule has 1 aliphatic rings. The molecule has 0 radical (unpaired) electrons. The van der Waals surface area contributed by atoms with Crippen LogP contribution in [-0.4, -0.2) is 69.2 Å². The van der Waals surface area contributed by atoms with Crippen LogP contribution in [0.15, 0.2) is 24.3 Å². The molecule has 0 heterocycles. The number of Topliss-reactive ketones (excluding diaryl/α,β-unsaturated/α-hetero) is 1. The molecular weight excluding hydrogens is 711 g/mol. The summed E-state index contributed by atoms with van der Waals surface area (Å²) in [6, 6.07) is 0. The lowest BCUT2D eigenvalue weighted by molar-refractivity contribution is -0.161. The third-order valence-electron chi connectivity index (χ3n) is 10.1. The number of carbonyl (C=O) groups is 3. The number of esters is 2. The van der Waals surface area contributed by atoms with Gasteiger partial charge in [0.05, 0.1) is 18.8 Å². The van der Waals surface area contributed by atoms with E-state index in [4.69, 9.17) is 19.3 Å². The minimum atomic E-state index is -4.83. The molecule has 1 aliphatic carbocycles. The van der Waals surface area contributed by atoms with E-state index in [1.54, 1.807) is 12.2 Å². The molecule has 12 heteroatoms. The van der Waals surface area contributed by atoms with E-state index in [9.17, 15) is 29.2 Å². The van der Waals surface area contributed by atoms with Crippen LogP contribution in [0.2, 0.25) is 0 Å². The number of hydrogen-bond donors (Lipinski definition) is 4. The molecule has 314 valence electrons. The molecule has 0 aromatic heterocycles. The van der Waals surface area contributed by atoms with Gasteiger partial charge < -0.3 is 29.5 Å². The maximum Gasteiger partial charge on any atom is 0.469 e. The molecule has 4 N–H and O–H groups in total. The van der Waals surface area contributed by atoms with Gasteiger partial charge in [0.2, 0.25) is 0 Å². The number of aliphatic hydroxyl groups is 2. The monoisotopic (exact) mass is 787 g/mol. The largest absolute Gasteiger partial charge is 0.469 e. The topological polar surface area (TPSA) is 177 Å². The van der Waals surface area contributed by atoms with Gasteiger partial charge in [-0.3, -0.25) is 18.9 Å². The average Bonchev–Trinajstić information content (AvgIpc) is 3.40. The van der Waals surface area contributed by atoms with Crippen molar-refractivity contribution in [3.8, 4) is 0 Å². The van der Waals surface area contributed by atoms with Crippen molar-refractivity contribution >= 4 is 25.5 Å². The smallest absolute Gasteiger partial charge is 0.462 e. The Labute approximate surface area is 326 Å². The summed E-state index contributed by atoms with van der Waals surface area (Å²) >= 11 is 0. The van der Waals surface area contributed by atoms with Gasteiger partial charge in [0.1, 0.15) is 12.4 Å². The van der Waals surface area contributed by atoms with Crippen LogP contribution in [0.1, 0.15) is 181 Å². The van der Waals surface area contributed by atoms with Crippen LogP contribution in [0, 0.1) is 11.8 Å². The van der Waals surface area contributed by atoms with Crippen LogP contribution in [0.25, 0.3) is 0 Å². The Balaban J connectivity index is 2.28. The summed E-state index contributed by atoms with van der Waals surface area (Å²) in [7, 11) is -4.83. The highest BCUT2D eigenvalue weighted by molar-refractivity contribution is 7.46. The number of allylic oxidation sites excluding steroid dienone is 3. The second kappa shape index (κ2) is 32.2. The molecule has 1 rings (SSSR count). The van der Waals surface area contributed by atoms with Gasteiger partial charge in [-0.2, -0.15) is 0 Å². The number of carbonyl (C=O) groups excluding carboxylic acids is 3. The zero-order valence-electron chi connectivity index (χ0n) is 33.6. The molecule has 0 saturated heterocycles. The number of phosphoric ester groups is 1. The fourth-order valence-corrected chi connectivity index (χ4v) is 7.19. The molecular formula is C42H75O11P. The van der Waals surface area contributed by atoms with E-state index in [-0.39, 0.29) is 37.6 Å². The average molecular weight is 787 g/mol. The van der Waals surface area contributed by atoms with Gasteiger partial charge in [-0.1, -0.05) is 154 Å². The lowest BCUT2D eigenvalue weighted by atomic mass is 9.90. The minimum absolute atomic E-state index is 0.0235. The van der Waals surface area contributed by atoms with E-state index in [0.717, 1.165) is 38.5 Å². The van der Waals surface area contributed by atoms with Gasteiger partial charge in [-0.15, -0.1) is 0 Å². The molecule has 1 fully saturated rings. The van der Waals surface area contributed by atoms with Gasteiger partial charge >= 0.3 is 19.8 Å². The van der Waals surface area contributed by atoms with Gasteiger partial charge in [-0.25, -0.2) is 4.57 Å². The number of unbranched alkanes of at least 4 members (excludes halogenated alkanes) is 18. The third-order valence-corrected chi connectivity index (χ3v) is 10.6. The predicted molar refractivity (Wildman–Crippen MR) is 213 cm³/mol. The maximum atomic E-state index is 12.5. The highest BCUT2D eigenvalue weighted by Gasteiger charge is 2.39. The number of ketones is 1. The summed E-state index contributed by atoms with van der Waals surface area (Å²) in [5, 5.41) is 20.6. The molecule has 54 heavy (non-hydrogen) atoms. The Morgan fingerprint density at radius 1 is 0.759 bits per heavy atom. The van der Waals surface area contributed by atoms with Crippen LogP contribution in [0.5, 0.6) is 0 Å². The van der Waals surface area contributed by atoms with E-state index >= 15 is 0 Å². The fraction of sp³-hybridized carbons (Fsp3) is 0.833. The number of hydrogen-bond acceptors (Lipinski definition) is 9. The van der Waals surface area contributed by atoms with Gasteiger partial charge in [-0.05, 0) is 32.1 Å². The lowest BCUT2D eigenvalue weighted by Gasteiger charge is -2.18. The zero-order valence-corrected chi connectivity index (χ0v) is 34.5. The van der Waals surface area contributed by atoms with Crippen LogP contribution < -0.4 is 0 Å². The van der Waals surface area contributed by atoms with Crippen LogP contribution >= 0.6 is 7.82 Å². The molecule has 0 bridgehead atoms. The van der Waals surface area contributed by atoms with Gasteiger partial charge in [0.25, 0.3) is 0 Å². The van der Waals surface area contributed by atoms with Gasteiger partial charge in [0, 0.05) is 31.1 Å². The van der Waals surface area contributed by atoms with E-state index in [0.29, 0.717) is 32.1 Å². The summed E-state index contributed by atoms with van der Waals surface area (Å²) in [5.74, 6) is -1.84. The van der Waals surface area contributed by atoms with Crippen molar-refractivity contribution in [3.63, 3.8) is 0 Å². The molecule has 0 aromatic carbocycles. The SMILES string of the molecule is CCCCCCCCCCCCCCCCCCC(=O)OC[C@H](COP(=O)(O)O)OC(=O)CCC/C=C\C[C@H]1[C@@H](O)CC(=O)[C@@H]1/C=C/[C@@H](O)CCCCC. The number of aliphatic hydroxyl groups excluding tert-OH is 2. The molecule has 0 amide bonds. The van der Waals surface area contributed by atoms with Crippen LogP contribution in [0.4, 0.5) is 0 Å². The molecule has 5 atom stereocenters. The Kier molecular flexibility index (Phi) is 29.9. The number of rotatable bonds is 35. The molecule has 0 spiro atoms. The molecule has 0 unspecified atom stereocenters. The van der Waals surface area contributed by atoms with E-state index in [2.05, 4.69) is 18.4 Å². The Hall–Kier alpha value is -1.88. The standard InChI is InChI=1S/C42H75O11P/c1-3-5-7-8-9-10-11-12-13-14-15-16-17-18-19-24-28-41(46)51-33-36(34-52-54(48,49)50)53-42(47)29-25-21-20-23-27-37-38(40(45)32-39(37)44)31-30-35(43)26-22-6-4-2/h20,23,30-31,35-39,43-44H,3-19,21-22,24-29,32-34H2,1-2H3,(H2,48,49,50)/b23-20-,31-30+/t35-,36+,37+,38+,39-/m0/s1. The Bertz CT molecular complexity index is 1090. The number of ether oxygens (including phenoxy) is 2. The second-order valence-corrected chi connectivity index (χ2v) is 16.3. The summed E-state index contributed by atoms with van der Waals surface area (Å²) in [6.45, 7) is 3.37. The van der Waals surface area contributed by atoms with Crippen molar-refractivity contribution in [2.24, 2.45) is 11.8 Å². The lowest BCUT2D eigenvalue weighted by Crippen LogP contribution is -2.29. The zero-order chi connectivity index (χ0) is 39.9. The molecule has 1 saturated carbocycles. The van der Waals surface area contributed by atoms with Gasteiger partial charge in [0.15, 0.2) is 6.10 Å². The first-order valence-corrected chi connectivity index (χ1v) is 22.8. The number of phosphoric acid groups is 1. The van der Waals surface area contributed by atoms with Crippen molar-refractivity contribution in [1.82, 2.24) is 0 Å². The summed E-state index contributed by atoms with van der Waals surface area (Å²) in [6.07, 6.45) is 29.8. The first-order valence-electron chi connectivity index (χ1n) is 21.2. The first kappa shape index (κ1) is 50.1. The summed E-state index contributed by atoms with van der Waals surface area (Å²) in [4.78, 5) is 55.5. The Morgan fingerprint density at radius 3 is 1.87 bits per heavy atom. The quantitative estimate of drug-likeness (QED) is 0.0208. The summed E-state index contributed by atoms with van der Waals surface area (Å²) < 4.78 is 26.4. The van der Waals surface area contributed by atoms with Crippen molar-refractivity contribution < 1.29 is 52.9 Å². The van der Waals surface area contributed by atoms with Crippen LogP contribution in [-0.2, 0) is 32.9 Å². The highest BCUT2D eigenvalue weighted by Crippen LogP contribution is 2.36. The van der Waals surface area contributed by atoms with E-state index in [1.165, 1.54) is 77.0 Å².